The van der Waals surface area contributed by atoms with Gasteiger partial charge < -0.3 is 20.1 Å². The van der Waals surface area contributed by atoms with Crippen molar-refractivity contribution >= 4 is 0 Å². The lowest BCUT2D eigenvalue weighted by Gasteiger charge is -2.34. The first kappa shape index (κ1) is 18.3. The molecule has 0 spiro atoms. The molecule has 1 unspecified atom stereocenters. The Labute approximate surface area is 162 Å². The van der Waals surface area contributed by atoms with Crippen molar-refractivity contribution in [3.05, 3.63) is 59.2 Å². The van der Waals surface area contributed by atoms with E-state index < -0.39 is 0 Å². The molecule has 1 fully saturated rings. The third-order valence-corrected chi connectivity index (χ3v) is 5.53. The normalized spacial score (nSPS) is 24.3. The highest BCUT2D eigenvalue weighted by atomic mass is 16.5. The number of fused-ring (bicyclic) bond motifs is 1. The van der Waals surface area contributed by atoms with Gasteiger partial charge in [0.05, 0.1) is 6.61 Å². The molecule has 0 saturated carbocycles. The lowest BCUT2D eigenvalue weighted by Crippen LogP contribution is -2.45. The molecule has 0 bridgehead atoms. The third-order valence-electron chi connectivity index (χ3n) is 5.53. The van der Waals surface area contributed by atoms with E-state index in [4.69, 9.17) is 9.47 Å². The Bertz CT molecular complexity index is 762. The maximum atomic E-state index is 6.11. The van der Waals surface area contributed by atoms with Crippen molar-refractivity contribution in [2.45, 2.75) is 57.8 Å². The average Bonchev–Trinajstić information content (AvgIpc) is 3.07. The maximum absolute atomic E-state index is 6.11. The van der Waals surface area contributed by atoms with E-state index in [1.807, 2.05) is 6.92 Å². The lowest BCUT2D eigenvalue weighted by atomic mass is 9.92. The van der Waals surface area contributed by atoms with Gasteiger partial charge in [-0.05, 0) is 50.9 Å². The van der Waals surface area contributed by atoms with Crippen LogP contribution in [0.1, 0.15) is 49.4 Å². The van der Waals surface area contributed by atoms with Crippen LogP contribution >= 0.6 is 0 Å². The van der Waals surface area contributed by atoms with Gasteiger partial charge in [0.25, 0.3) is 0 Å². The summed E-state index contributed by atoms with van der Waals surface area (Å²) in [5.74, 6) is 2.01. The van der Waals surface area contributed by atoms with Crippen molar-refractivity contribution < 1.29 is 9.47 Å². The lowest BCUT2D eigenvalue weighted by molar-refractivity contribution is 0.250. The zero-order chi connectivity index (χ0) is 18.6. The van der Waals surface area contributed by atoms with Crippen LogP contribution in [0.4, 0.5) is 0 Å². The molecule has 2 aliphatic heterocycles. The average molecular weight is 367 g/mol. The van der Waals surface area contributed by atoms with Crippen LogP contribution in [0.15, 0.2) is 42.5 Å². The Hall–Kier alpha value is -2.04. The zero-order valence-electron chi connectivity index (χ0n) is 16.3. The molecule has 0 aromatic heterocycles. The van der Waals surface area contributed by atoms with Crippen molar-refractivity contribution in [1.82, 2.24) is 10.6 Å². The molecule has 2 aromatic carbocycles. The van der Waals surface area contributed by atoms with Gasteiger partial charge in [0.1, 0.15) is 17.6 Å². The number of nitrogens with one attached hydrogen (secondary N) is 2. The molecule has 2 aromatic rings. The van der Waals surface area contributed by atoms with Gasteiger partial charge in [-0.1, -0.05) is 30.3 Å². The predicted octanol–water partition coefficient (Wildman–Crippen LogP) is 3.99. The molecule has 3 atom stereocenters. The Morgan fingerprint density at radius 3 is 2.89 bits per heavy atom. The Morgan fingerprint density at radius 2 is 2.07 bits per heavy atom. The van der Waals surface area contributed by atoms with Crippen LogP contribution in [0.25, 0.3) is 0 Å². The second-order valence-corrected chi connectivity index (χ2v) is 7.61. The highest BCUT2D eigenvalue weighted by Crippen LogP contribution is 2.36. The first-order chi connectivity index (χ1) is 13.2. The van der Waals surface area contributed by atoms with Crippen molar-refractivity contribution in [3.8, 4) is 11.5 Å². The molecule has 1 saturated heterocycles. The first-order valence-electron chi connectivity index (χ1n) is 10.2. The van der Waals surface area contributed by atoms with Gasteiger partial charge in [-0.2, -0.15) is 0 Å². The predicted molar refractivity (Wildman–Crippen MR) is 108 cm³/mol. The largest absolute Gasteiger partial charge is 0.494 e. The molecule has 0 radical (unpaired) electrons. The second-order valence-electron chi connectivity index (χ2n) is 7.61. The first-order valence-corrected chi connectivity index (χ1v) is 10.2. The van der Waals surface area contributed by atoms with Crippen LogP contribution < -0.4 is 20.1 Å². The monoisotopic (exact) mass is 366 g/mol. The molecule has 0 aliphatic carbocycles. The summed E-state index contributed by atoms with van der Waals surface area (Å²) >= 11 is 0. The van der Waals surface area contributed by atoms with Gasteiger partial charge in [-0.3, -0.25) is 0 Å². The van der Waals surface area contributed by atoms with E-state index >= 15 is 0 Å². The quantitative estimate of drug-likeness (QED) is 0.811. The fraction of sp³-hybridized carbons (Fsp3) is 0.478. The van der Waals surface area contributed by atoms with Crippen LogP contribution in [0.5, 0.6) is 11.5 Å². The van der Waals surface area contributed by atoms with E-state index in [-0.39, 0.29) is 6.10 Å². The molecule has 4 heteroatoms. The molecular formula is C23H30N2O2. The molecule has 27 heavy (non-hydrogen) atoms. The molecular weight excluding hydrogens is 336 g/mol. The van der Waals surface area contributed by atoms with E-state index in [0.717, 1.165) is 31.0 Å². The number of hydrogen-bond acceptors (Lipinski definition) is 4. The summed E-state index contributed by atoms with van der Waals surface area (Å²) in [5.41, 5.74) is 3.83. The summed E-state index contributed by atoms with van der Waals surface area (Å²) in [4.78, 5) is 0. The Balaban J connectivity index is 1.52. The van der Waals surface area contributed by atoms with Crippen molar-refractivity contribution in [3.63, 3.8) is 0 Å². The highest BCUT2D eigenvalue weighted by molar-refractivity contribution is 5.50. The van der Waals surface area contributed by atoms with E-state index in [0.29, 0.717) is 18.7 Å². The van der Waals surface area contributed by atoms with Gasteiger partial charge in [0.15, 0.2) is 0 Å². The number of rotatable bonds is 6. The number of ether oxygens (including phenoxy) is 2. The van der Waals surface area contributed by atoms with E-state index in [2.05, 4.69) is 60.0 Å². The molecule has 2 aliphatic rings. The second kappa shape index (κ2) is 8.32. The van der Waals surface area contributed by atoms with E-state index in [1.165, 1.54) is 29.5 Å². The number of piperidine rings is 1. The third kappa shape index (κ3) is 4.12. The Morgan fingerprint density at radius 1 is 1.22 bits per heavy atom. The fourth-order valence-electron chi connectivity index (χ4n) is 4.32. The smallest absolute Gasteiger partial charge is 0.127 e. The summed E-state index contributed by atoms with van der Waals surface area (Å²) in [6.45, 7) is 6.72. The van der Waals surface area contributed by atoms with Gasteiger partial charge in [-0.25, -0.2) is 0 Å². The van der Waals surface area contributed by atoms with Crippen LogP contribution in [0.3, 0.4) is 0 Å². The van der Waals surface area contributed by atoms with Gasteiger partial charge >= 0.3 is 0 Å². The van der Waals surface area contributed by atoms with Gasteiger partial charge in [-0.15, -0.1) is 0 Å². The minimum Gasteiger partial charge on any atom is -0.494 e. The van der Waals surface area contributed by atoms with E-state index in [9.17, 15) is 0 Å². The maximum Gasteiger partial charge on any atom is 0.127 e. The molecule has 0 amide bonds. The molecule has 4 nitrogen and oxygen atoms in total. The summed E-state index contributed by atoms with van der Waals surface area (Å²) in [6.07, 6.45) is 3.58. The highest BCUT2D eigenvalue weighted by Gasteiger charge is 2.27. The SMILES string of the molecule is CCOc1cc(CN[C@H]2CCCN[C@H]2c2ccccc2)c2c(c1)CC(C)O2. The molecule has 2 heterocycles. The summed E-state index contributed by atoms with van der Waals surface area (Å²) in [5, 5.41) is 7.50. The summed E-state index contributed by atoms with van der Waals surface area (Å²) in [6, 6.07) is 15.8. The summed E-state index contributed by atoms with van der Waals surface area (Å²) < 4.78 is 11.9. The fourth-order valence-corrected chi connectivity index (χ4v) is 4.32. The van der Waals surface area contributed by atoms with Crippen LogP contribution in [0, 0.1) is 0 Å². The van der Waals surface area contributed by atoms with Crippen LogP contribution in [-0.2, 0) is 13.0 Å². The van der Waals surface area contributed by atoms with Crippen molar-refractivity contribution in [2.75, 3.05) is 13.2 Å². The summed E-state index contributed by atoms with van der Waals surface area (Å²) in [7, 11) is 0. The molecule has 2 N–H and O–H groups in total. The van der Waals surface area contributed by atoms with Crippen molar-refractivity contribution in [2.24, 2.45) is 0 Å². The minimum atomic E-state index is 0.240. The Kier molecular flexibility index (Phi) is 5.65. The number of hydrogen-bond donors (Lipinski definition) is 2. The van der Waals surface area contributed by atoms with Gasteiger partial charge in [0.2, 0.25) is 0 Å². The van der Waals surface area contributed by atoms with E-state index in [1.54, 1.807) is 0 Å². The number of benzene rings is 2. The topological polar surface area (TPSA) is 42.5 Å². The van der Waals surface area contributed by atoms with Crippen LogP contribution in [0.2, 0.25) is 0 Å². The molecule has 4 rings (SSSR count). The standard InChI is InChI=1S/C23H30N2O2/c1-3-26-20-13-18-12-16(2)27-23(18)19(14-20)15-25-21-10-7-11-24-22(21)17-8-5-4-6-9-17/h4-6,8-9,13-14,16,21-22,24-25H,3,7,10-12,15H2,1-2H3/t16?,21-,22-/m0/s1. The van der Waals surface area contributed by atoms with Gasteiger partial charge in [0, 0.05) is 36.2 Å². The van der Waals surface area contributed by atoms with Crippen molar-refractivity contribution in [1.29, 1.82) is 0 Å². The zero-order valence-corrected chi connectivity index (χ0v) is 16.3. The minimum absolute atomic E-state index is 0.240. The molecule has 144 valence electrons. The van der Waals surface area contributed by atoms with Crippen LogP contribution in [-0.4, -0.2) is 25.3 Å².